The highest BCUT2D eigenvalue weighted by Gasteiger charge is 1.97. The van der Waals surface area contributed by atoms with Crippen LogP contribution < -0.4 is 0 Å². The standard InChI is InChI=1S/C8H6N2O/c11-6-7-2-3-8-9-4-1-5-10(7)8/h1-6H. The van der Waals surface area contributed by atoms with Crippen molar-refractivity contribution in [1.29, 1.82) is 0 Å². The van der Waals surface area contributed by atoms with Crippen molar-refractivity contribution in [2.24, 2.45) is 0 Å². The number of hydrogen-bond donors (Lipinski definition) is 0. The molecule has 0 bridgehead atoms. The van der Waals surface area contributed by atoms with Crippen LogP contribution in [-0.2, 0) is 0 Å². The number of aldehydes is 1. The summed E-state index contributed by atoms with van der Waals surface area (Å²) >= 11 is 0. The Bertz CT molecular complexity index is 392. The van der Waals surface area contributed by atoms with Crippen molar-refractivity contribution in [3.8, 4) is 0 Å². The summed E-state index contributed by atoms with van der Waals surface area (Å²) in [6.45, 7) is 0. The van der Waals surface area contributed by atoms with E-state index in [4.69, 9.17) is 0 Å². The lowest BCUT2D eigenvalue weighted by Crippen LogP contribution is -1.90. The van der Waals surface area contributed by atoms with E-state index >= 15 is 0 Å². The molecule has 0 aliphatic rings. The van der Waals surface area contributed by atoms with Crippen LogP contribution in [0.1, 0.15) is 10.5 Å². The molecule has 0 spiro atoms. The van der Waals surface area contributed by atoms with Crippen LogP contribution in [0, 0.1) is 0 Å². The minimum atomic E-state index is 0.633. The maximum Gasteiger partial charge on any atom is 0.166 e. The molecule has 54 valence electrons. The number of hydrogen-bond acceptors (Lipinski definition) is 2. The molecule has 2 aromatic heterocycles. The first kappa shape index (κ1) is 6.09. The van der Waals surface area contributed by atoms with Gasteiger partial charge in [-0.1, -0.05) is 0 Å². The van der Waals surface area contributed by atoms with Gasteiger partial charge in [-0.25, -0.2) is 4.98 Å². The van der Waals surface area contributed by atoms with Crippen LogP contribution in [0.25, 0.3) is 5.65 Å². The van der Waals surface area contributed by atoms with Crippen molar-refractivity contribution in [3.05, 3.63) is 36.3 Å². The topological polar surface area (TPSA) is 34.4 Å². The smallest absolute Gasteiger partial charge is 0.166 e. The first-order chi connectivity index (χ1) is 5.42. The zero-order valence-electron chi connectivity index (χ0n) is 5.77. The van der Waals surface area contributed by atoms with Gasteiger partial charge >= 0.3 is 0 Å². The molecule has 2 aromatic rings. The molecule has 0 saturated heterocycles. The Morgan fingerprint density at radius 3 is 3.18 bits per heavy atom. The van der Waals surface area contributed by atoms with Crippen LogP contribution in [0.3, 0.4) is 0 Å². The molecule has 0 aliphatic carbocycles. The van der Waals surface area contributed by atoms with Gasteiger partial charge in [-0.15, -0.1) is 0 Å². The largest absolute Gasteiger partial charge is 0.299 e. The summed E-state index contributed by atoms with van der Waals surface area (Å²) in [5, 5.41) is 0. The monoisotopic (exact) mass is 146 g/mol. The van der Waals surface area contributed by atoms with Crippen LogP contribution in [0.5, 0.6) is 0 Å². The Kier molecular flexibility index (Phi) is 1.22. The second kappa shape index (κ2) is 2.20. The van der Waals surface area contributed by atoms with Gasteiger partial charge in [0.05, 0.1) is 5.69 Å². The minimum Gasteiger partial charge on any atom is -0.299 e. The Hall–Kier alpha value is -1.64. The quantitative estimate of drug-likeness (QED) is 0.565. The van der Waals surface area contributed by atoms with Crippen LogP contribution in [-0.4, -0.2) is 15.7 Å². The van der Waals surface area contributed by atoms with E-state index in [0.717, 1.165) is 11.9 Å². The number of aromatic nitrogens is 2. The van der Waals surface area contributed by atoms with E-state index in [1.54, 1.807) is 22.7 Å². The molecule has 0 saturated carbocycles. The number of carbonyl (C=O) groups excluding carboxylic acids is 1. The van der Waals surface area contributed by atoms with Gasteiger partial charge in [0.25, 0.3) is 0 Å². The average molecular weight is 146 g/mol. The fraction of sp³-hybridized carbons (Fsp3) is 0. The second-order valence-electron chi connectivity index (χ2n) is 2.22. The average Bonchev–Trinajstić information content (AvgIpc) is 2.47. The van der Waals surface area contributed by atoms with Gasteiger partial charge in [0.1, 0.15) is 5.65 Å². The molecule has 0 unspecified atom stereocenters. The lowest BCUT2D eigenvalue weighted by Gasteiger charge is -1.92. The van der Waals surface area contributed by atoms with Gasteiger partial charge < -0.3 is 0 Å². The van der Waals surface area contributed by atoms with Crippen molar-refractivity contribution in [2.45, 2.75) is 0 Å². The van der Waals surface area contributed by atoms with E-state index in [1.165, 1.54) is 0 Å². The van der Waals surface area contributed by atoms with Crippen molar-refractivity contribution < 1.29 is 4.79 Å². The summed E-state index contributed by atoms with van der Waals surface area (Å²) in [5.41, 5.74) is 1.43. The first-order valence-corrected chi connectivity index (χ1v) is 3.29. The Morgan fingerprint density at radius 2 is 2.36 bits per heavy atom. The predicted molar refractivity (Wildman–Crippen MR) is 40.6 cm³/mol. The Labute approximate surface area is 63.3 Å². The van der Waals surface area contributed by atoms with Gasteiger partial charge in [0.2, 0.25) is 0 Å². The zero-order chi connectivity index (χ0) is 7.68. The number of rotatable bonds is 1. The molecule has 2 heterocycles. The van der Waals surface area contributed by atoms with Gasteiger partial charge in [0, 0.05) is 12.4 Å². The van der Waals surface area contributed by atoms with Crippen LogP contribution in [0.15, 0.2) is 30.6 Å². The van der Waals surface area contributed by atoms with Crippen LogP contribution >= 0.6 is 0 Å². The summed E-state index contributed by atoms with van der Waals surface area (Å²) < 4.78 is 1.74. The molecule has 0 radical (unpaired) electrons. The number of carbonyl (C=O) groups is 1. The Balaban J connectivity index is 2.86. The van der Waals surface area contributed by atoms with Gasteiger partial charge in [-0.05, 0) is 18.2 Å². The van der Waals surface area contributed by atoms with E-state index in [-0.39, 0.29) is 0 Å². The third kappa shape index (κ3) is 0.816. The molecule has 0 amide bonds. The van der Waals surface area contributed by atoms with E-state index < -0.39 is 0 Å². The van der Waals surface area contributed by atoms with E-state index in [2.05, 4.69) is 4.98 Å². The number of fused-ring (bicyclic) bond motifs is 1. The van der Waals surface area contributed by atoms with Crippen molar-refractivity contribution in [2.75, 3.05) is 0 Å². The molecule has 2 rings (SSSR count). The fourth-order valence-corrected chi connectivity index (χ4v) is 1.06. The molecule has 0 fully saturated rings. The molecule has 0 aromatic carbocycles. The maximum atomic E-state index is 10.4. The normalized spacial score (nSPS) is 10.2. The van der Waals surface area contributed by atoms with Crippen molar-refractivity contribution >= 4 is 11.9 Å². The molecule has 3 heteroatoms. The third-order valence-corrected chi connectivity index (χ3v) is 1.58. The SMILES string of the molecule is O=Cc1ccc2ncccn12. The molecule has 0 aliphatic heterocycles. The summed E-state index contributed by atoms with van der Waals surface area (Å²) in [6, 6.07) is 5.35. The zero-order valence-corrected chi connectivity index (χ0v) is 5.77. The van der Waals surface area contributed by atoms with Crippen molar-refractivity contribution in [1.82, 2.24) is 9.38 Å². The first-order valence-electron chi connectivity index (χ1n) is 3.29. The molecule has 0 N–H and O–H groups in total. The van der Waals surface area contributed by atoms with E-state index in [1.807, 2.05) is 12.3 Å². The van der Waals surface area contributed by atoms with Gasteiger partial charge in [-0.3, -0.25) is 9.20 Å². The molecule has 3 nitrogen and oxygen atoms in total. The summed E-state index contributed by atoms with van der Waals surface area (Å²) in [7, 11) is 0. The lowest BCUT2D eigenvalue weighted by atomic mass is 10.5. The van der Waals surface area contributed by atoms with Crippen LogP contribution in [0.4, 0.5) is 0 Å². The van der Waals surface area contributed by atoms with Crippen molar-refractivity contribution in [3.63, 3.8) is 0 Å². The fourth-order valence-electron chi connectivity index (χ4n) is 1.06. The van der Waals surface area contributed by atoms with E-state index in [9.17, 15) is 4.79 Å². The molecule has 0 atom stereocenters. The van der Waals surface area contributed by atoms with Crippen LogP contribution in [0.2, 0.25) is 0 Å². The maximum absolute atomic E-state index is 10.4. The highest BCUT2D eigenvalue weighted by Crippen LogP contribution is 2.03. The Morgan fingerprint density at radius 1 is 1.45 bits per heavy atom. The third-order valence-electron chi connectivity index (χ3n) is 1.58. The second-order valence-corrected chi connectivity index (χ2v) is 2.22. The highest BCUT2D eigenvalue weighted by atomic mass is 16.1. The minimum absolute atomic E-state index is 0.633. The van der Waals surface area contributed by atoms with Gasteiger partial charge in [-0.2, -0.15) is 0 Å². The predicted octanol–water partition coefficient (Wildman–Crippen LogP) is 1.15. The summed E-state index contributed by atoms with van der Waals surface area (Å²) in [6.07, 6.45) is 4.32. The lowest BCUT2D eigenvalue weighted by molar-refractivity contribution is 0.111. The highest BCUT2D eigenvalue weighted by molar-refractivity contribution is 5.74. The summed E-state index contributed by atoms with van der Waals surface area (Å²) in [4.78, 5) is 14.5. The molecular formula is C8H6N2O. The summed E-state index contributed by atoms with van der Waals surface area (Å²) in [5.74, 6) is 0. The number of nitrogens with zero attached hydrogens (tertiary/aromatic N) is 2. The molecule has 11 heavy (non-hydrogen) atoms. The molecular weight excluding hydrogens is 140 g/mol. The van der Waals surface area contributed by atoms with E-state index in [0.29, 0.717) is 5.69 Å². The van der Waals surface area contributed by atoms with Gasteiger partial charge in [0.15, 0.2) is 6.29 Å².